The molecule has 14 heavy (non-hydrogen) atoms. The first-order valence-electron chi connectivity index (χ1n) is 4.29. The number of H-pyrrole nitrogens is 1. The molecule has 0 aliphatic heterocycles. The van der Waals surface area contributed by atoms with Gasteiger partial charge in [-0.1, -0.05) is 5.92 Å². The molecule has 0 atom stereocenters. The van der Waals surface area contributed by atoms with Gasteiger partial charge in [0.05, 0.1) is 12.0 Å². The Morgan fingerprint density at radius 2 is 2.36 bits per heavy atom. The van der Waals surface area contributed by atoms with Gasteiger partial charge >= 0.3 is 0 Å². The molecular formula is C10H9N3O. The van der Waals surface area contributed by atoms with Crippen LogP contribution in [0.3, 0.4) is 0 Å². The zero-order valence-corrected chi connectivity index (χ0v) is 7.49. The van der Waals surface area contributed by atoms with E-state index in [1.807, 2.05) is 6.07 Å². The Morgan fingerprint density at radius 1 is 1.43 bits per heavy atom. The molecule has 0 amide bonds. The zero-order valence-electron chi connectivity index (χ0n) is 7.49. The van der Waals surface area contributed by atoms with E-state index in [4.69, 9.17) is 5.11 Å². The van der Waals surface area contributed by atoms with Crippen LogP contribution in [0.2, 0.25) is 0 Å². The first-order valence-corrected chi connectivity index (χ1v) is 4.29. The van der Waals surface area contributed by atoms with Gasteiger partial charge < -0.3 is 10.1 Å². The lowest BCUT2D eigenvalue weighted by Crippen LogP contribution is -1.86. The second-order valence-corrected chi connectivity index (χ2v) is 2.74. The van der Waals surface area contributed by atoms with E-state index >= 15 is 0 Å². The van der Waals surface area contributed by atoms with Crippen molar-refractivity contribution >= 4 is 11.0 Å². The number of fused-ring (bicyclic) bond motifs is 1. The van der Waals surface area contributed by atoms with Crippen molar-refractivity contribution < 1.29 is 5.11 Å². The molecule has 0 aliphatic carbocycles. The number of nitrogens with one attached hydrogen (secondary N) is 1. The van der Waals surface area contributed by atoms with Crippen LogP contribution >= 0.6 is 0 Å². The molecule has 2 rings (SSSR count). The highest BCUT2D eigenvalue weighted by Gasteiger charge is 1.99. The molecule has 0 aromatic carbocycles. The number of aromatic nitrogens is 3. The van der Waals surface area contributed by atoms with Gasteiger partial charge in [0.1, 0.15) is 17.7 Å². The van der Waals surface area contributed by atoms with Gasteiger partial charge in [-0.25, -0.2) is 9.97 Å². The molecule has 2 aromatic rings. The molecule has 0 radical (unpaired) electrons. The van der Waals surface area contributed by atoms with Crippen molar-refractivity contribution in [3.8, 4) is 11.8 Å². The molecule has 0 spiro atoms. The molecule has 0 bridgehead atoms. The van der Waals surface area contributed by atoms with E-state index < -0.39 is 0 Å². The molecule has 70 valence electrons. The monoisotopic (exact) mass is 187 g/mol. The van der Waals surface area contributed by atoms with Crippen LogP contribution in [0.4, 0.5) is 0 Å². The van der Waals surface area contributed by atoms with E-state index in [-0.39, 0.29) is 6.61 Å². The molecule has 4 heteroatoms. The molecule has 2 N–H and O–H groups in total. The molecule has 0 aliphatic rings. The second kappa shape index (κ2) is 3.90. The Labute approximate surface area is 81.0 Å². The van der Waals surface area contributed by atoms with Crippen LogP contribution < -0.4 is 0 Å². The van der Waals surface area contributed by atoms with Gasteiger partial charge in [-0.15, -0.1) is 0 Å². The predicted octanol–water partition coefficient (Wildman–Crippen LogP) is 0.692. The Hall–Kier alpha value is -1.86. The molecule has 0 saturated carbocycles. The van der Waals surface area contributed by atoms with Crippen LogP contribution in [-0.4, -0.2) is 26.7 Å². The quantitative estimate of drug-likeness (QED) is 0.646. The SMILES string of the molecule is OCCC#Cc1ncnc2[nH]ccc12. The van der Waals surface area contributed by atoms with Gasteiger partial charge in [0.2, 0.25) is 0 Å². The Morgan fingerprint density at radius 3 is 3.21 bits per heavy atom. The summed E-state index contributed by atoms with van der Waals surface area (Å²) >= 11 is 0. The van der Waals surface area contributed by atoms with Gasteiger partial charge in [-0.3, -0.25) is 0 Å². The number of aliphatic hydroxyl groups excluding tert-OH is 1. The molecule has 0 saturated heterocycles. The van der Waals surface area contributed by atoms with Crippen LogP contribution in [0, 0.1) is 11.8 Å². The van der Waals surface area contributed by atoms with Crippen LogP contribution in [0.25, 0.3) is 11.0 Å². The summed E-state index contributed by atoms with van der Waals surface area (Å²) in [5.41, 5.74) is 1.48. The summed E-state index contributed by atoms with van der Waals surface area (Å²) in [6.07, 6.45) is 3.74. The van der Waals surface area contributed by atoms with Crippen LogP contribution in [-0.2, 0) is 0 Å². The van der Waals surface area contributed by atoms with Crippen molar-refractivity contribution in [2.24, 2.45) is 0 Å². The van der Waals surface area contributed by atoms with E-state index in [1.54, 1.807) is 6.20 Å². The number of nitrogens with zero attached hydrogens (tertiary/aromatic N) is 2. The van der Waals surface area contributed by atoms with Crippen molar-refractivity contribution in [3.63, 3.8) is 0 Å². The van der Waals surface area contributed by atoms with Crippen molar-refractivity contribution in [3.05, 3.63) is 24.3 Å². The standard InChI is InChI=1S/C10H9N3O/c14-6-2-1-3-9-8-4-5-11-10(8)13-7-12-9/h4-5,7,14H,2,6H2,(H,11,12,13). The van der Waals surface area contributed by atoms with Crippen LogP contribution in [0.1, 0.15) is 12.1 Å². The number of rotatable bonds is 1. The fourth-order valence-corrected chi connectivity index (χ4v) is 1.17. The lowest BCUT2D eigenvalue weighted by atomic mass is 10.3. The van der Waals surface area contributed by atoms with Gasteiger partial charge in [0.25, 0.3) is 0 Å². The van der Waals surface area contributed by atoms with E-state index in [2.05, 4.69) is 26.8 Å². The minimum absolute atomic E-state index is 0.0777. The average Bonchev–Trinajstić information content (AvgIpc) is 2.67. The third kappa shape index (κ3) is 1.58. The Balaban J connectivity index is 2.43. The maximum Gasteiger partial charge on any atom is 0.141 e. The van der Waals surface area contributed by atoms with Crippen molar-refractivity contribution in [2.75, 3.05) is 6.61 Å². The summed E-state index contributed by atoms with van der Waals surface area (Å²) in [6, 6.07) is 1.89. The van der Waals surface area contributed by atoms with Gasteiger partial charge in [0, 0.05) is 12.6 Å². The number of aromatic amines is 1. The van der Waals surface area contributed by atoms with Gasteiger partial charge in [-0.2, -0.15) is 0 Å². The first-order chi connectivity index (χ1) is 6.92. The molecule has 0 unspecified atom stereocenters. The van der Waals surface area contributed by atoms with Crippen LogP contribution in [0.15, 0.2) is 18.6 Å². The lowest BCUT2D eigenvalue weighted by molar-refractivity contribution is 0.305. The predicted molar refractivity (Wildman–Crippen MR) is 52.5 cm³/mol. The summed E-state index contributed by atoms with van der Waals surface area (Å²) in [7, 11) is 0. The number of aliphatic hydroxyl groups is 1. The van der Waals surface area contributed by atoms with Crippen molar-refractivity contribution in [1.29, 1.82) is 0 Å². The summed E-state index contributed by atoms with van der Waals surface area (Å²) in [4.78, 5) is 11.1. The fraction of sp³-hybridized carbons (Fsp3) is 0.200. The third-order valence-corrected chi connectivity index (χ3v) is 1.80. The normalized spacial score (nSPS) is 9.79. The topological polar surface area (TPSA) is 61.8 Å². The first kappa shape index (κ1) is 8.73. The van der Waals surface area contributed by atoms with Crippen molar-refractivity contribution in [1.82, 2.24) is 15.0 Å². The molecule has 2 aromatic heterocycles. The highest BCUT2D eigenvalue weighted by atomic mass is 16.2. The molecular weight excluding hydrogens is 178 g/mol. The van der Waals surface area contributed by atoms with E-state index in [0.29, 0.717) is 12.1 Å². The Bertz CT molecular complexity index is 493. The van der Waals surface area contributed by atoms with E-state index in [0.717, 1.165) is 11.0 Å². The third-order valence-electron chi connectivity index (χ3n) is 1.80. The zero-order chi connectivity index (χ0) is 9.80. The molecule has 4 nitrogen and oxygen atoms in total. The van der Waals surface area contributed by atoms with Gasteiger partial charge in [-0.05, 0) is 12.0 Å². The maximum absolute atomic E-state index is 8.58. The maximum atomic E-state index is 8.58. The Kier molecular flexibility index (Phi) is 2.43. The highest BCUT2D eigenvalue weighted by molar-refractivity contribution is 5.80. The lowest BCUT2D eigenvalue weighted by Gasteiger charge is -1.91. The number of hydrogen-bond donors (Lipinski definition) is 2. The van der Waals surface area contributed by atoms with Crippen molar-refractivity contribution in [2.45, 2.75) is 6.42 Å². The summed E-state index contributed by atoms with van der Waals surface area (Å²) in [5, 5.41) is 9.49. The average molecular weight is 187 g/mol. The summed E-state index contributed by atoms with van der Waals surface area (Å²) in [5.74, 6) is 5.72. The highest BCUT2D eigenvalue weighted by Crippen LogP contribution is 2.10. The molecule has 2 heterocycles. The minimum Gasteiger partial charge on any atom is -0.395 e. The van der Waals surface area contributed by atoms with Gasteiger partial charge in [0.15, 0.2) is 0 Å². The summed E-state index contributed by atoms with van der Waals surface area (Å²) < 4.78 is 0. The largest absolute Gasteiger partial charge is 0.395 e. The molecule has 0 fully saturated rings. The second-order valence-electron chi connectivity index (χ2n) is 2.74. The van der Waals surface area contributed by atoms with E-state index in [1.165, 1.54) is 6.33 Å². The summed E-state index contributed by atoms with van der Waals surface area (Å²) in [6.45, 7) is 0.0777. The number of hydrogen-bond acceptors (Lipinski definition) is 3. The van der Waals surface area contributed by atoms with E-state index in [9.17, 15) is 0 Å². The smallest absolute Gasteiger partial charge is 0.141 e. The fourth-order valence-electron chi connectivity index (χ4n) is 1.17. The minimum atomic E-state index is 0.0777. The van der Waals surface area contributed by atoms with Crippen LogP contribution in [0.5, 0.6) is 0 Å².